The standard InChI is InChI=1S/C45H64N10O8/c1-6-7-18-36(54-29(5)56)44(63)53-27(3)41(60)52-28(4)42(61)55-37(21-30-14-9-8-10-15-30)39(58)23-31(16-13-20-49-45(47)48)43(62)51-26(2)38(57)24-32(40(46)59)22-33-25-50-35-19-12-11-17-34(33)35/h8-12,14-15,17,19,25-28,31-32,36-37,50H,6-7,13,16,18,20-24H2,1-5H3,(H2,46,59)(H,51,62)(H,52,60)(H,53,63)(H,54,56)(H,55,61)(H4,47,48,49)/t26-,27-,28-,31+,32+,36-,37+/m0/s1. The van der Waals surface area contributed by atoms with E-state index < -0.39 is 83.1 Å². The average molecular weight is 873 g/mol. The number of nitrogens with one attached hydrogen (secondary N) is 6. The van der Waals surface area contributed by atoms with Crippen molar-refractivity contribution >= 4 is 63.9 Å². The molecule has 0 aliphatic carbocycles. The Morgan fingerprint density at radius 2 is 1.24 bits per heavy atom. The number of H-pyrrole nitrogens is 1. The number of nitrogens with two attached hydrogens (primary N) is 3. The summed E-state index contributed by atoms with van der Waals surface area (Å²) >= 11 is 0. The van der Waals surface area contributed by atoms with Crippen molar-refractivity contribution < 1.29 is 38.4 Å². The first-order valence-electron chi connectivity index (χ1n) is 21.4. The summed E-state index contributed by atoms with van der Waals surface area (Å²) in [4.78, 5) is 112. The van der Waals surface area contributed by atoms with Gasteiger partial charge in [-0.15, -0.1) is 0 Å². The van der Waals surface area contributed by atoms with E-state index in [1.54, 1.807) is 36.5 Å². The molecule has 0 saturated heterocycles. The number of aliphatic imine (C=N–C) groups is 1. The maximum atomic E-state index is 14.2. The van der Waals surface area contributed by atoms with Crippen LogP contribution in [0.15, 0.2) is 65.8 Å². The van der Waals surface area contributed by atoms with E-state index in [4.69, 9.17) is 17.2 Å². The third-order valence-corrected chi connectivity index (χ3v) is 10.7. The molecule has 0 fully saturated rings. The second kappa shape index (κ2) is 25.4. The Bertz CT molecular complexity index is 2080. The zero-order valence-corrected chi connectivity index (χ0v) is 36.8. The fraction of sp³-hybridized carbons (Fsp3) is 0.489. The number of benzene rings is 2. The number of carbonyl (C=O) groups is 8. The van der Waals surface area contributed by atoms with Gasteiger partial charge in [-0.3, -0.25) is 43.3 Å². The number of ketones is 2. The molecule has 0 bridgehead atoms. The minimum absolute atomic E-state index is 0.0585. The van der Waals surface area contributed by atoms with E-state index in [2.05, 4.69) is 36.6 Å². The number of nitrogens with zero attached hydrogens (tertiary/aromatic N) is 1. The molecular formula is C45H64N10O8. The molecule has 342 valence electrons. The molecule has 1 heterocycles. The van der Waals surface area contributed by atoms with Gasteiger partial charge in [0.05, 0.1) is 12.1 Å². The second-order valence-corrected chi connectivity index (χ2v) is 16.0. The van der Waals surface area contributed by atoms with E-state index in [0.29, 0.717) is 24.8 Å². The number of aromatic amines is 1. The van der Waals surface area contributed by atoms with Crippen LogP contribution in [0.4, 0.5) is 0 Å². The molecule has 0 aliphatic heterocycles. The molecule has 2 aromatic carbocycles. The number of guanidine groups is 1. The van der Waals surface area contributed by atoms with Gasteiger partial charge < -0.3 is 48.8 Å². The summed E-state index contributed by atoms with van der Waals surface area (Å²) < 4.78 is 0. The largest absolute Gasteiger partial charge is 0.370 e. The quantitative estimate of drug-likeness (QED) is 0.0301. The smallest absolute Gasteiger partial charge is 0.243 e. The highest BCUT2D eigenvalue weighted by molar-refractivity contribution is 5.97. The van der Waals surface area contributed by atoms with Gasteiger partial charge in [0.1, 0.15) is 18.1 Å². The molecule has 18 heteroatoms. The van der Waals surface area contributed by atoms with E-state index in [1.165, 1.54) is 27.7 Å². The van der Waals surface area contributed by atoms with E-state index >= 15 is 0 Å². The van der Waals surface area contributed by atoms with Crippen LogP contribution in [0.2, 0.25) is 0 Å². The number of rotatable bonds is 27. The number of para-hydroxylation sites is 1. The first-order valence-corrected chi connectivity index (χ1v) is 21.4. The summed E-state index contributed by atoms with van der Waals surface area (Å²) in [6, 6.07) is 11.2. The van der Waals surface area contributed by atoms with Gasteiger partial charge in [-0.25, -0.2) is 0 Å². The molecule has 3 aromatic rings. The summed E-state index contributed by atoms with van der Waals surface area (Å²) in [6.45, 7) is 7.77. The van der Waals surface area contributed by atoms with Crippen molar-refractivity contribution in [1.82, 2.24) is 31.6 Å². The lowest BCUT2D eigenvalue weighted by Crippen LogP contribution is -2.56. The number of aromatic nitrogens is 1. The monoisotopic (exact) mass is 872 g/mol. The van der Waals surface area contributed by atoms with E-state index in [-0.39, 0.29) is 50.5 Å². The summed E-state index contributed by atoms with van der Waals surface area (Å²) in [5.41, 5.74) is 19.1. The van der Waals surface area contributed by atoms with Crippen molar-refractivity contribution in [2.45, 2.75) is 123 Å². The fourth-order valence-corrected chi connectivity index (χ4v) is 7.03. The van der Waals surface area contributed by atoms with Gasteiger partial charge in [-0.05, 0) is 70.1 Å². The van der Waals surface area contributed by atoms with Gasteiger partial charge in [0.2, 0.25) is 35.4 Å². The molecular weight excluding hydrogens is 809 g/mol. The number of hydrogen-bond acceptors (Lipinski definition) is 9. The fourth-order valence-electron chi connectivity index (χ4n) is 7.03. The first kappa shape index (κ1) is 50.8. The van der Waals surface area contributed by atoms with Crippen molar-refractivity contribution in [3.63, 3.8) is 0 Å². The molecule has 7 atom stereocenters. The normalized spacial score (nSPS) is 14.4. The molecule has 0 unspecified atom stereocenters. The Morgan fingerprint density at radius 3 is 1.87 bits per heavy atom. The number of carbonyl (C=O) groups excluding carboxylic acids is 8. The Kier molecular flexibility index (Phi) is 20.4. The SMILES string of the molecule is CCCC[C@H](NC(C)=O)C(=O)N[C@@H](C)C(=O)N[C@@H](C)C(=O)N[C@H](Cc1ccccc1)C(=O)C[C@@H](CCCN=C(N)N)C(=O)N[C@@H](C)C(=O)C[C@@H](Cc1c[nH]c2ccccc12)C(N)=O. The third-order valence-electron chi connectivity index (χ3n) is 10.7. The number of primary amides is 1. The van der Waals surface area contributed by atoms with Gasteiger partial charge in [0.15, 0.2) is 17.5 Å². The minimum atomic E-state index is -1.15. The van der Waals surface area contributed by atoms with Crippen molar-refractivity contribution in [3.8, 4) is 0 Å². The van der Waals surface area contributed by atoms with Crippen LogP contribution in [0, 0.1) is 11.8 Å². The van der Waals surface area contributed by atoms with Crippen LogP contribution in [0.25, 0.3) is 10.9 Å². The third kappa shape index (κ3) is 17.0. The second-order valence-electron chi connectivity index (χ2n) is 16.0. The van der Waals surface area contributed by atoms with Crippen LogP contribution >= 0.6 is 0 Å². The summed E-state index contributed by atoms with van der Waals surface area (Å²) in [7, 11) is 0. The molecule has 63 heavy (non-hydrogen) atoms. The lowest BCUT2D eigenvalue weighted by atomic mass is 9.89. The van der Waals surface area contributed by atoms with E-state index in [1.807, 2.05) is 31.2 Å². The van der Waals surface area contributed by atoms with Crippen molar-refractivity contribution in [1.29, 1.82) is 0 Å². The Labute approximate surface area is 368 Å². The number of Topliss-reactive ketones (excluding diaryl/α,β-unsaturated/α-hetero) is 2. The highest BCUT2D eigenvalue weighted by atomic mass is 16.2. The zero-order valence-electron chi connectivity index (χ0n) is 36.8. The highest BCUT2D eigenvalue weighted by Crippen LogP contribution is 2.23. The summed E-state index contributed by atoms with van der Waals surface area (Å²) in [5, 5.41) is 14.1. The molecule has 18 nitrogen and oxygen atoms in total. The van der Waals surface area contributed by atoms with Crippen LogP contribution in [0.3, 0.4) is 0 Å². The molecule has 1 aromatic heterocycles. The molecule has 12 N–H and O–H groups in total. The Morgan fingerprint density at radius 1 is 0.635 bits per heavy atom. The van der Waals surface area contributed by atoms with Crippen LogP contribution in [-0.4, -0.2) is 94.7 Å². The molecule has 0 radical (unpaired) electrons. The number of amides is 6. The topological polar surface area (TPSA) is 303 Å². The number of fused-ring (bicyclic) bond motifs is 1. The predicted molar refractivity (Wildman–Crippen MR) is 239 cm³/mol. The molecule has 3 rings (SSSR count). The van der Waals surface area contributed by atoms with Crippen LogP contribution in [0.5, 0.6) is 0 Å². The lowest BCUT2D eigenvalue weighted by molar-refractivity contribution is -0.135. The molecule has 6 amide bonds. The Balaban J connectivity index is 1.74. The predicted octanol–water partition coefficient (Wildman–Crippen LogP) is 1.34. The van der Waals surface area contributed by atoms with Gasteiger partial charge >= 0.3 is 0 Å². The summed E-state index contributed by atoms with van der Waals surface area (Å²) in [6.07, 6.45) is 3.76. The molecule has 0 aliphatic rings. The summed E-state index contributed by atoms with van der Waals surface area (Å²) in [5.74, 6) is -6.44. The van der Waals surface area contributed by atoms with Crippen LogP contribution in [-0.2, 0) is 51.2 Å². The number of unbranched alkanes of at least 4 members (excludes halogenated alkanes) is 1. The zero-order chi connectivity index (χ0) is 46.6. The first-order chi connectivity index (χ1) is 29.9. The van der Waals surface area contributed by atoms with Crippen LogP contribution in [0.1, 0.15) is 90.7 Å². The average Bonchev–Trinajstić information content (AvgIpc) is 3.65. The minimum Gasteiger partial charge on any atom is -0.370 e. The molecule has 0 saturated carbocycles. The van der Waals surface area contributed by atoms with Gasteiger partial charge in [0, 0.05) is 55.2 Å². The van der Waals surface area contributed by atoms with Gasteiger partial charge in [-0.1, -0.05) is 68.3 Å². The number of hydrogen-bond donors (Lipinski definition) is 9. The highest BCUT2D eigenvalue weighted by Gasteiger charge is 2.32. The maximum absolute atomic E-state index is 14.2. The van der Waals surface area contributed by atoms with Crippen molar-refractivity contribution in [2.75, 3.05) is 6.54 Å². The Hall–Kier alpha value is -6.59. The van der Waals surface area contributed by atoms with Gasteiger partial charge in [-0.2, -0.15) is 0 Å². The molecule has 0 spiro atoms. The maximum Gasteiger partial charge on any atom is 0.243 e. The van der Waals surface area contributed by atoms with Crippen molar-refractivity contribution in [3.05, 3.63) is 71.9 Å². The van der Waals surface area contributed by atoms with Crippen LogP contribution < -0.4 is 43.8 Å². The lowest BCUT2D eigenvalue weighted by Gasteiger charge is -2.25. The van der Waals surface area contributed by atoms with E-state index in [0.717, 1.165) is 22.9 Å². The van der Waals surface area contributed by atoms with Gasteiger partial charge in [0.25, 0.3) is 0 Å². The van der Waals surface area contributed by atoms with E-state index in [9.17, 15) is 38.4 Å². The van der Waals surface area contributed by atoms with Crippen molar-refractivity contribution in [2.24, 2.45) is 34.0 Å².